The van der Waals surface area contributed by atoms with E-state index in [9.17, 15) is 40.2 Å². The number of aliphatic hydroxyl groups excluding tert-OH is 6. The van der Waals surface area contributed by atoms with Gasteiger partial charge in [0.25, 0.3) is 0 Å². The van der Waals surface area contributed by atoms with E-state index in [0.717, 1.165) is 65.1 Å². The van der Waals surface area contributed by atoms with Crippen LogP contribution in [0.3, 0.4) is 0 Å². The van der Waals surface area contributed by atoms with Crippen molar-refractivity contribution in [2.24, 2.45) is 5.73 Å². The maximum atomic E-state index is 12.1. The second-order valence-electron chi connectivity index (χ2n) is 14.5. The molecule has 0 saturated heterocycles. The van der Waals surface area contributed by atoms with Crippen LogP contribution < -0.4 is 16.4 Å². The zero-order valence-corrected chi connectivity index (χ0v) is 34.5. The highest BCUT2D eigenvalue weighted by atomic mass is 16.6. The Morgan fingerprint density at radius 1 is 0.509 bits per heavy atom. The van der Waals surface area contributed by atoms with Gasteiger partial charge >= 0.3 is 11.9 Å². The summed E-state index contributed by atoms with van der Waals surface area (Å²) in [7, 11) is 0. The van der Waals surface area contributed by atoms with E-state index in [1.165, 1.54) is 51.4 Å². The summed E-state index contributed by atoms with van der Waals surface area (Å²) in [5.74, 6) is -1.14. The first kappa shape index (κ1) is 53.5. The molecule has 0 fully saturated rings. The largest absolute Gasteiger partial charge is 0.463 e. The molecule has 0 heterocycles. The van der Waals surface area contributed by atoms with Gasteiger partial charge in [-0.15, -0.1) is 0 Å². The average Bonchev–Trinajstić information content (AvgIpc) is 3.17. The number of esters is 2. The van der Waals surface area contributed by atoms with Crippen LogP contribution in [-0.4, -0.2) is 187 Å². The Morgan fingerprint density at radius 2 is 0.891 bits per heavy atom. The van der Waals surface area contributed by atoms with Crippen molar-refractivity contribution in [1.82, 2.24) is 20.4 Å². The number of carbonyl (C=O) groups excluding carboxylic acids is 2. The zero-order chi connectivity index (χ0) is 41.1. The molecule has 0 aromatic carbocycles. The SMILES string of the molecule is CCCCCCCN(CCN)CCNCCC(=O)OCC(O)C(O)C(O)COCC(O)C(O)C(O)COC(=O)CCNCCN(CCCC)CCCCCC. The van der Waals surface area contributed by atoms with Crippen LogP contribution in [0.5, 0.6) is 0 Å². The first-order valence-corrected chi connectivity index (χ1v) is 21.0. The lowest BCUT2D eigenvalue weighted by atomic mass is 10.1. The number of hydrogen-bond acceptors (Lipinski definition) is 16. The molecule has 0 saturated carbocycles. The molecule has 0 bridgehead atoms. The standard InChI is InChI=1S/C39H81N5O11/c1-4-7-10-12-14-24-44(25-17-40)27-21-42-19-16-37(50)55-31-35(48)39(52)33(46)29-53-28-32(45)38(51)34(47)30-54-36(49)15-18-41-20-26-43(22-9-6-3)23-13-11-8-5-2/h32-35,38-39,41-42,45-48,51-52H,4-31,40H2,1-3H3. The molecule has 55 heavy (non-hydrogen) atoms. The first-order valence-electron chi connectivity index (χ1n) is 21.0. The van der Waals surface area contributed by atoms with Gasteiger partial charge in [0.1, 0.15) is 49.8 Å². The van der Waals surface area contributed by atoms with Gasteiger partial charge in [0.2, 0.25) is 0 Å². The molecular formula is C39H81N5O11. The van der Waals surface area contributed by atoms with Gasteiger partial charge in [0.15, 0.2) is 0 Å². The van der Waals surface area contributed by atoms with Gasteiger partial charge in [-0.3, -0.25) is 9.59 Å². The molecule has 0 aliphatic rings. The number of hydrogen-bond donors (Lipinski definition) is 9. The predicted octanol–water partition coefficient (Wildman–Crippen LogP) is 0.128. The van der Waals surface area contributed by atoms with E-state index in [1.54, 1.807) is 0 Å². The summed E-state index contributed by atoms with van der Waals surface area (Å²) < 4.78 is 15.2. The van der Waals surface area contributed by atoms with Crippen LogP contribution in [0.2, 0.25) is 0 Å². The van der Waals surface area contributed by atoms with Crippen LogP contribution in [-0.2, 0) is 23.8 Å². The van der Waals surface area contributed by atoms with Crippen LogP contribution in [0.25, 0.3) is 0 Å². The summed E-state index contributed by atoms with van der Waals surface area (Å²) in [4.78, 5) is 29.0. The van der Waals surface area contributed by atoms with Crippen molar-refractivity contribution < 1.29 is 54.4 Å². The quantitative estimate of drug-likeness (QED) is 0.0296. The van der Waals surface area contributed by atoms with Crippen molar-refractivity contribution in [2.75, 3.05) is 98.4 Å². The van der Waals surface area contributed by atoms with E-state index in [4.69, 9.17) is 19.9 Å². The Morgan fingerprint density at radius 3 is 1.33 bits per heavy atom. The number of unbranched alkanes of at least 4 members (excludes halogenated alkanes) is 8. The van der Waals surface area contributed by atoms with Crippen molar-refractivity contribution in [1.29, 1.82) is 0 Å². The van der Waals surface area contributed by atoms with Crippen molar-refractivity contribution in [2.45, 2.75) is 141 Å². The molecule has 16 nitrogen and oxygen atoms in total. The van der Waals surface area contributed by atoms with Crippen LogP contribution >= 0.6 is 0 Å². The highest BCUT2D eigenvalue weighted by molar-refractivity contribution is 5.69. The van der Waals surface area contributed by atoms with Gasteiger partial charge in [-0.05, 0) is 38.9 Å². The predicted molar refractivity (Wildman–Crippen MR) is 213 cm³/mol. The lowest BCUT2D eigenvalue weighted by Gasteiger charge is -2.25. The number of nitrogens with two attached hydrogens (primary N) is 1. The van der Waals surface area contributed by atoms with E-state index >= 15 is 0 Å². The number of carbonyl (C=O) groups is 2. The summed E-state index contributed by atoms with van der Waals surface area (Å²) in [5.41, 5.74) is 5.74. The molecule has 6 unspecified atom stereocenters. The Bertz CT molecular complexity index is 897. The van der Waals surface area contributed by atoms with Crippen molar-refractivity contribution in [3.05, 3.63) is 0 Å². The normalized spacial score (nSPS) is 15.2. The minimum atomic E-state index is -1.72. The smallest absolute Gasteiger partial charge is 0.307 e. The van der Waals surface area contributed by atoms with Gasteiger partial charge in [-0.25, -0.2) is 0 Å². The molecule has 0 aromatic heterocycles. The lowest BCUT2D eigenvalue weighted by molar-refractivity contribution is -0.156. The molecule has 16 heteroatoms. The highest BCUT2D eigenvalue weighted by Crippen LogP contribution is 2.08. The molecule has 328 valence electrons. The van der Waals surface area contributed by atoms with Gasteiger partial charge < -0.3 is 71.0 Å². The number of nitrogens with zero attached hydrogens (tertiary/aromatic N) is 2. The molecule has 0 aromatic rings. The summed E-state index contributed by atoms with van der Waals surface area (Å²) in [6, 6.07) is 0. The minimum absolute atomic E-state index is 0.0580. The molecule has 0 aliphatic heterocycles. The average molecular weight is 796 g/mol. The van der Waals surface area contributed by atoms with E-state index in [1.807, 2.05) is 0 Å². The van der Waals surface area contributed by atoms with E-state index in [-0.39, 0.29) is 12.8 Å². The van der Waals surface area contributed by atoms with Gasteiger partial charge in [-0.2, -0.15) is 0 Å². The van der Waals surface area contributed by atoms with Gasteiger partial charge in [0.05, 0.1) is 26.1 Å². The number of ether oxygens (including phenoxy) is 3. The monoisotopic (exact) mass is 796 g/mol. The Labute approximate surface area is 331 Å². The maximum Gasteiger partial charge on any atom is 0.307 e. The molecule has 0 spiro atoms. The Balaban J connectivity index is 4.18. The second-order valence-corrected chi connectivity index (χ2v) is 14.5. The minimum Gasteiger partial charge on any atom is -0.463 e. The summed E-state index contributed by atoms with van der Waals surface area (Å²) in [6.45, 7) is 12.9. The molecule has 6 atom stereocenters. The molecule has 0 radical (unpaired) electrons. The fourth-order valence-corrected chi connectivity index (χ4v) is 5.76. The van der Waals surface area contributed by atoms with Crippen LogP contribution in [0.4, 0.5) is 0 Å². The summed E-state index contributed by atoms with van der Waals surface area (Å²) >= 11 is 0. The lowest BCUT2D eigenvalue weighted by Crippen LogP contribution is -2.45. The highest BCUT2D eigenvalue weighted by Gasteiger charge is 2.29. The molecule has 0 aliphatic carbocycles. The van der Waals surface area contributed by atoms with E-state index in [2.05, 4.69) is 41.2 Å². The van der Waals surface area contributed by atoms with Crippen molar-refractivity contribution >= 4 is 11.9 Å². The molecular weight excluding hydrogens is 714 g/mol. The number of aliphatic hydroxyl groups is 6. The second kappa shape index (κ2) is 36.8. The van der Waals surface area contributed by atoms with E-state index in [0.29, 0.717) is 26.2 Å². The third-order valence-electron chi connectivity index (χ3n) is 9.38. The van der Waals surface area contributed by atoms with Crippen LogP contribution in [0.1, 0.15) is 104 Å². The van der Waals surface area contributed by atoms with E-state index < -0.39 is 75.0 Å². The molecule has 10 N–H and O–H groups in total. The summed E-state index contributed by atoms with van der Waals surface area (Å²) in [5, 5.41) is 67.7. The first-order chi connectivity index (χ1) is 26.5. The third-order valence-corrected chi connectivity index (χ3v) is 9.38. The Kier molecular flexibility index (Phi) is 35.7. The molecule has 0 amide bonds. The van der Waals surface area contributed by atoms with Crippen LogP contribution in [0.15, 0.2) is 0 Å². The fraction of sp³-hybridized carbons (Fsp3) is 0.949. The van der Waals surface area contributed by atoms with Gasteiger partial charge in [-0.1, -0.05) is 72.1 Å². The topological polar surface area (TPSA) is 240 Å². The third kappa shape index (κ3) is 30.2. The molecule has 0 rings (SSSR count). The van der Waals surface area contributed by atoms with Crippen molar-refractivity contribution in [3.63, 3.8) is 0 Å². The maximum absolute atomic E-state index is 12.1. The fourth-order valence-electron chi connectivity index (χ4n) is 5.76. The Hall–Kier alpha value is -1.54. The summed E-state index contributed by atoms with van der Waals surface area (Å²) in [6.07, 6.45) is 3.52. The number of rotatable bonds is 40. The number of nitrogens with one attached hydrogen (secondary N) is 2. The van der Waals surface area contributed by atoms with Crippen molar-refractivity contribution in [3.8, 4) is 0 Å². The van der Waals surface area contributed by atoms with Crippen LogP contribution in [0, 0.1) is 0 Å². The van der Waals surface area contributed by atoms with Gasteiger partial charge in [0, 0.05) is 52.4 Å². The zero-order valence-electron chi connectivity index (χ0n) is 34.5.